The van der Waals surface area contributed by atoms with Crippen LogP contribution in [-0.2, 0) is 41.7 Å². The van der Waals surface area contributed by atoms with Gasteiger partial charge in [0.1, 0.15) is 30.8 Å². The standard InChI is InChI=1S/C49H58N8O6.2ClH/c1-3-14-42(48(62)63-31-34-15-5-4-6-16-34)57-46(60)41(22-13-28-53-49(51)52)55-45(59)40(21-11-12-27-50)56-47(61)43(54-32(2)58)29-33-23-25-35(26-24-33)44-38-19-9-7-17-36(38)30-37-18-8-10-20-39(37)44;;/h3-10,15-20,23-26,30,40-43H,1,11-14,21-22,27-29,31,50H2,2H3,(H,54,58)(H,55,59)(H,56,61)(H,57,60)(H4,51,52,53);2*1H/t40-,41+,42-,43-;;/m0../s1. The molecule has 10 N–H and O–H groups in total. The molecule has 16 heteroatoms. The van der Waals surface area contributed by atoms with Crippen molar-refractivity contribution in [2.75, 3.05) is 13.1 Å². The van der Waals surface area contributed by atoms with E-state index in [0.29, 0.717) is 25.8 Å². The number of ether oxygens (including phenoxy) is 1. The minimum absolute atomic E-state index is 0. The average Bonchev–Trinajstić information content (AvgIpc) is 3.28. The second-order valence-corrected chi connectivity index (χ2v) is 15.4. The van der Waals surface area contributed by atoms with E-state index < -0.39 is 53.8 Å². The van der Waals surface area contributed by atoms with E-state index in [0.717, 1.165) is 43.8 Å². The zero-order valence-electron chi connectivity index (χ0n) is 36.5. The molecule has 5 aromatic rings. The van der Waals surface area contributed by atoms with Crippen LogP contribution < -0.4 is 38.5 Å². The van der Waals surface area contributed by atoms with Crippen LogP contribution in [0, 0.1) is 0 Å². The fourth-order valence-electron chi connectivity index (χ4n) is 7.38. The molecule has 4 atom stereocenters. The number of amides is 4. The van der Waals surface area contributed by atoms with Crippen molar-refractivity contribution in [2.45, 2.75) is 82.6 Å². The monoisotopic (exact) mass is 926 g/mol. The van der Waals surface area contributed by atoms with E-state index in [-0.39, 0.29) is 69.6 Å². The number of hydrogen-bond acceptors (Lipinski definition) is 8. The van der Waals surface area contributed by atoms with Crippen LogP contribution in [0.3, 0.4) is 0 Å². The molecule has 4 amide bonds. The first kappa shape index (κ1) is 52.9. The zero-order chi connectivity index (χ0) is 45.1. The maximum Gasteiger partial charge on any atom is 0.329 e. The Kier molecular flexibility index (Phi) is 21.9. The van der Waals surface area contributed by atoms with Gasteiger partial charge in [-0.25, -0.2) is 4.79 Å². The normalized spacial score (nSPS) is 12.5. The Hall–Kier alpha value is -6.48. The van der Waals surface area contributed by atoms with Crippen LogP contribution in [0.15, 0.2) is 127 Å². The van der Waals surface area contributed by atoms with E-state index in [1.165, 1.54) is 13.0 Å². The molecule has 0 aromatic heterocycles. The van der Waals surface area contributed by atoms with Crippen molar-refractivity contribution in [1.82, 2.24) is 21.3 Å². The lowest BCUT2D eigenvalue weighted by molar-refractivity contribution is -0.149. The molecule has 0 unspecified atom stereocenters. The predicted octanol–water partition coefficient (Wildman–Crippen LogP) is 5.51. The number of nitrogens with two attached hydrogens (primary N) is 3. The van der Waals surface area contributed by atoms with Crippen molar-refractivity contribution in [1.29, 1.82) is 0 Å². The number of carbonyl (C=O) groups is 5. The number of aliphatic imine (C=N–C) groups is 1. The molecule has 0 saturated carbocycles. The summed E-state index contributed by atoms with van der Waals surface area (Å²) >= 11 is 0. The lowest BCUT2D eigenvalue weighted by atomic mass is 9.91. The highest BCUT2D eigenvalue weighted by Gasteiger charge is 2.31. The molecule has 0 aliphatic heterocycles. The molecule has 0 heterocycles. The number of halogens is 2. The van der Waals surface area contributed by atoms with Crippen molar-refractivity contribution in [3.8, 4) is 11.1 Å². The molecule has 5 rings (SSSR count). The van der Waals surface area contributed by atoms with Gasteiger partial charge in [0.25, 0.3) is 0 Å². The molecule has 0 saturated heterocycles. The predicted molar refractivity (Wildman–Crippen MR) is 262 cm³/mol. The quantitative estimate of drug-likeness (QED) is 0.0109. The number of unbranched alkanes of at least 4 members (excludes halogenated alkanes) is 1. The molecule has 0 aliphatic rings. The van der Waals surface area contributed by atoms with E-state index >= 15 is 0 Å². The number of nitrogens with one attached hydrogen (secondary N) is 4. The van der Waals surface area contributed by atoms with Gasteiger partial charge in [-0.05, 0) is 94.9 Å². The van der Waals surface area contributed by atoms with Gasteiger partial charge in [-0.3, -0.25) is 24.2 Å². The van der Waals surface area contributed by atoms with Gasteiger partial charge in [0, 0.05) is 19.9 Å². The highest BCUT2D eigenvalue weighted by atomic mass is 35.5. The van der Waals surface area contributed by atoms with Gasteiger partial charge in [-0.2, -0.15) is 0 Å². The summed E-state index contributed by atoms with van der Waals surface area (Å²) in [6.07, 6.45) is 3.34. The first-order valence-electron chi connectivity index (χ1n) is 21.2. The van der Waals surface area contributed by atoms with Gasteiger partial charge in [0.15, 0.2) is 5.96 Å². The maximum absolute atomic E-state index is 14.1. The van der Waals surface area contributed by atoms with Gasteiger partial charge in [-0.15, -0.1) is 31.4 Å². The van der Waals surface area contributed by atoms with Crippen LogP contribution in [0.5, 0.6) is 0 Å². The number of hydrogen-bond donors (Lipinski definition) is 7. The first-order chi connectivity index (χ1) is 30.5. The summed E-state index contributed by atoms with van der Waals surface area (Å²) < 4.78 is 5.49. The van der Waals surface area contributed by atoms with Gasteiger partial charge in [0.05, 0.1) is 0 Å². The molecule has 0 fully saturated rings. The number of esters is 1. The number of guanidine groups is 1. The summed E-state index contributed by atoms with van der Waals surface area (Å²) in [7, 11) is 0. The molecular weight excluding hydrogens is 867 g/mol. The Balaban J connectivity index is 0.00000561. The summed E-state index contributed by atoms with van der Waals surface area (Å²) in [5.74, 6) is -3.10. The third-order valence-electron chi connectivity index (χ3n) is 10.5. The average molecular weight is 928 g/mol. The molecular formula is C49H60Cl2N8O6. The smallest absolute Gasteiger partial charge is 0.329 e. The number of nitrogens with zero attached hydrogens (tertiary/aromatic N) is 1. The Morgan fingerprint density at radius 1 is 0.662 bits per heavy atom. The van der Waals surface area contributed by atoms with Gasteiger partial charge >= 0.3 is 5.97 Å². The second kappa shape index (κ2) is 27.0. The number of fused-ring (bicyclic) bond motifs is 2. The number of benzene rings is 5. The topological polar surface area (TPSA) is 233 Å². The second-order valence-electron chi connectivity index (χ2n) is 15.4. The first-order valence-corrected chi connectivity index (χ1v) is 21.2. The molecule has 0 spiro atoms. The molecule has 0 radical (unpaired) electrons. The van der Waals surface area contributed by atoms with Crippen molar-refractivity contribution in [3.05, 3.63) is 133 Å². The Labute approximate surface area is 392 Å². The summed E-state index contributed by atoms with van der Waals surface area (Å²) in [4.78, 5) is 71.6. The van der Waals surface area contributed by atoms with Gasteiger partial charge in [0.2, 0.25) is 23.6 Å². The highest BCUT2D eigenvalue weighted by Crippen LogP contribution is 2.36. The zero-order valence-corrected chi connectivity index (χ0v) is 38.1. The van der Waals surface area contributed by atoms with Crippen LogP contribution in [0.4, 0.5) is 0 Å². The largest absolute Gasteiger partial charge is 0.459 e. The van der Waals surface area contributed by atoms with E-state index in [1.807, 2.05) is 78.9 Å². The summed E-state index contributed by atoms with van der Waals surface area (Å²) in [5.41, 5.74) is 20.5. The van der Waals surface area contributed by atoms with Crippen molar-refractivity contribution in [3.63, 3.8) is 0 Å². The minimum Gasteiger partial charge on any atom is -0.459 e. The summed E-state index contributed by atoms with van der Waals surface area (Å²) in [6, 6.07) is 31.3. The molecule has 346 valence electrons. The lowest BCUT2D eigenvalue weighted by Crippen LogP contribution is -2.58. The third kappa shape index (κ3) is 15.9. The van der Waals surface area contributed by atoms with Crippen LogP contribution >= 0.6 is 24.8 Å². The van der Waals surface area contributed by atoms with E-state index in [1.54, 1.807) is 0 Å². The fraction of sp³-hybridized carbons (Fsp3) is 0.306. The van der Waals surface area contributed by atoms with E-state index in [4.69, 9.17) is 21.9 Å². The van der Waals surface area contributed by atoms with Gasteiger partial charge in [-0.1, -0.05) is 109 Å². The van der Waals surface area contributed by atoms with Crippen molar-refractivity contribution >= 4 is 81.9 Å². The SMILES string of the molecule is C=CC[C@H](NC(=O)[C@@H](CCCN=C(N)N)NC(=O)[C@H](CCCCN)NC(=O)[C@H](Cc1ccc(-c2c3ccccc3cc3ccccc23)cc1)NC(C)=O)C(=O)OCc1ccccc1.Cl.Cl. The Morgan fingerprint density at radius 3 is 1.75 bits per heavy atom. The van der Waals surface area contributed by atoms with Gasteiger partial charge < -0.3 is 43.2 Å². The lowest BCUT2D eigenvalue weighted by Gasteiger charge is -2.26. The third-order valence-corrected chi connectivity index (χ3v) is 10.5. The molecule has 0 aliphatic carbocycles. The number of rotatable bonds is 23. The molecule has 5 aromatic carbocycles. The van der Waals surface area contributed by atoms with Crippen LogP contribution in [-0.4, -0.2) is 72.8 Å². The minimum atomic E-state index is -1.15. The summed E-state index contributed by atoms with van der Waals surface area (Å²) in [5, 5.41) is 15.6. The van der Waals surface area contributed by atoms with Crippen LogP contribution in [0.2, 0.25) is 0 Å². The fourth-order valence-corrected chi connectivity index (χ4v) is 7.38. The Bertz CT molecular complexity index is 2340. The molecule has 0 bridgehead atoms. The highest BCUT2D eigenvalue weighted by molar-refractivity contribution is 6.12. The van der Waals surface area contributed by atoms with E-state index in [9.17, 15) is 24.0 Å². The number of carbonyl (C=O) groups excluding carboxylic acids is 5. The van der Waals surface area contributed by atoms with Crippen molar-refractivity contribution in [2.24, 2.45) is 22.2 Å². The van der Waals surface area contributed by atoms with Crippen molar-refractivity contribution < 1.29 is 28.7 Å². The van der Waals surface area contributed by atoms with E-state index in [2.05, 4.69) is 63.2 Å². The Morgan fingerprint density at radius 2 is 1.20 bits per heavy atom. The molecule has 65 heavy (non-hydrogen) atoms. The maximum atomic E-state index is 14.1. The van der Waals surface area contributed by atoms with Crippen LogP contribution in [0.25, 0.3) is 32.7 Å². The van der Waals surface area contributed by atoms with Crippen LogP contribution in [0.1, 0.15) is 56.6 Å². The summed E-state index contributed by atoms with van der Waals surface area (Å²) in [6.45, 7) is 5.57. The molecule has 14 nitrogen and oxygen atoms in total.